The predicted molar refractivity (Wildman–Crippen MR) is 118 cm³/mol. The van der Waals surface area contributed by atoms with Crippen molar-refractivity contribution in [2.24, 2.45) is 4.99 Å². The molecule has 28 heavy (non-hydrogen) atoms. The summed E-state index contributed by atoms with van der Waals surface area (Å²) < 4.78 is 0. The van der Waals surface area contributed by atoms with Crippen LogP contribution in [0, 0.1) is 0 Å². The van der Waals surface area contributed by atoms with Crippen molar-refractivity contribution in [3.8, 4) is 0 Å². The lowest BCUT2D eigenvalue weighted by atomic mass is 9.99. The van der Waals surface area contributed by atoms with E-state index in [1.165, 1.54) is 16.7 Å². The Kier molecular flexibility index (Phi) is 6.30. The van der Waals surface area contributed by atoms with E-state index in [0.717, 1.165) is 37.5 Å². The van der Waals surface area contributed by atoms with Gasteiger partial charge in [-0.05, 0) is 58.5 Å². The van der Waals surface area contributed by atoms with Crippen LogP contribution in [0.4, 0.5) is 0 Å². The maximum absolute atomic E-state index is 5.05. The van der Waals surface area contributed by atoms with Gasteiger partial charge in [-0.3, -0.25) is 9.98 Å². The first-order chi connectivity index (χ1) is 13.4. The fourth-order valence-corrected chi connectivity index (χ4v) is 3.60. The molecule has 0 radical (unpaired) electrons. The van der Waals surface area contributed by atoms with Crippen molar-refractivity contribution in [1.29, 1.82) is 0 Å². The number of nitrogens with zero attached hydrogens (tertiary/aromatic N) is 4. The Morgan fingerprint density at radius 1 is 1.18 bits per heavy atom. The maximum Gasteiger partial charge on any atom is 0.131 e. The van der Waals surface area contributed by atoms with Crippen LogP contribution in [0.1, 0.15) is 37.1 Å². The molecule has 1 aliphatic rings. The van der Waals surface area contributed by atoms with E-state index in [9.17, 15) is 0 Å². The molecule has 1 atom stereocenters. The van der Waals surface area contributed by atoms with Crippen LogP contribution in [0.3, 0.4) is 0 Å². The van der Waals surface area contributed by atoms with Gasteiger partial charge in [0.25, 0.3) is 0 Å². The molecule has 2 aromatic rings. The van der Waals surface area contributed by atoms with Crippen molar-refractivity contribution in [3.63, 3.8) is 0 Å². The van der Waals surface area contributed by atoms with Crippen molar-refractivity contribution < 1.29 is 0 Å². The van der Waals surface area contributed by atoms with E-state index in [4.69, 9.17) is 4.99 Å². The molecule has 1 aliphatic heterocycles. The highest BCUT2D eigenvalue weighted by Crippen LogP contribution is 2.31. The summed E-state index contributed by atoms with van der Waals surface area (Å²) in [5.41, 5.74) is 4.72. The van der Waals surface area contributed by atoms with E-state index in [1.807, 2.05) is 18.3 Å². The number of benzene rings is 1. The van der Waals surface area contributed by atoms with Crippen molar-refractivity contribution in [1.82, 2.24) is 14.8 Å². The summed E-state index contributed by atoms with van der Waals surface area (Å²) in [6.07, 6.45) is 6.34. The monoisotopic (exact) mass is 376 g/mol. The number of aryl methyl sites for hydroxylation is 1. The number of likely N-dealkylation sites (N-methyl/N-ethyl adjacent to an activating group) is 2. The molecule has 148 valence electrons. The molecular weight excluding hydrogens is 344 g/mol. The Labute approximate surface area is 169 Å². The van der Waals surface area contributed by atoms with Crippen LogP contribution in [-0.4, -0.2) is 54.9 Å². The zero-order valence-corrected chi connectivity index (χ0v) is 17.8. The van der Waals surface area contributed by atoms with E-state index in [0.29, 0.717) is 0 Å². The van der Waals surface area contributed by atoms with E-state index in [-0.39, 0.29) is 5.54 Å². The Balaban J connectivity index is 1.69. The molecule has 0 saturated heterocycles. The standard InChI is InChI=1S/C24H32N4/c1-19(15-17-27(3)4)9-10-20-11-13-21(14-12-20)23-26-24(2,18-28(23)5)22-8-6-7-16-25-22/h6-8,11-16H,9-10,17-18H2,1-5H3/b19-15+. The maximum atomic E-state index is 5.05. The molecule has 2 heterocycles. The number of amidine groups is 1. The molecule has 0 N–H and O–H groups in total. The minimum atomic E-state index is -0.293. The second-order valence-electron chi connectivity index (χ2n) is 8.29. The highest BCUT2D eigenvalue weighted by Gasteiger charge is 2.36. The van der Waals surface area contributed by atoms with Crippen molar-refractivity contribution in [2.75, 3.05) is 34.2 Å². The van der Waals surface area contributed by atoms with Gasteiger partial charge in [-0.25, -0.2) is 0 Å². The first kappa shape index (κ1) is 20.3. The molecule has 3 rings (SSSR count). The van der Waals surface area contributed by atoms with Gasteiger partial charge in [0.15, 0.2) is 0 Å². The molecule has 0 aliphatic carbocycles. The minimum absolute atomic E-state index is 0.293. The van der Waals surface area contributed by atoms with Crippen molar-refractivity contribution >= 4 is 5.84 Å². The fourth-order valence-electron chi connectivity index (χ4n) is 3.60. The first-order valence-electron chi connectivity index (χ1n) is 9.99. The van der Waals surface area contributed by atoms with Crippen molar-refractivity contribution in [2.45, 2.75) is 32.2 Å². The number of allylic oxidation sites excluding steroid dienone is 1. The van der Waals surface area contributed by atoms with Crippen LogP contribution in [0.2, 0.25) is 0 Å². The van der Waals surface area contributed by atoms with E-state index < -0.39 is 0 Å². The Morgan fingerprint density at radius 2 is 1.93 bits per heavy atom. The SMILES string of the molecule is C/C(=C\CN(C)C)CCc1ccc(C2=NC(C)(c3ccccn3)CN2C)cc1. The number of aliphatic imine (C=N–C) groups is 1. The largest absolute Gasteiger partial charge is 0.357 e. The third-order valence-electron chi connectivity index (χ3n) is 5.30. The lowest BCUT2D eigenvalue weighted by Gasteiger charge is -2.21. The van der Waals surface area contributed by atoms with Crippen LogP contribution in [0.25, 0.3) is 0 Å². The Bertz CT molecular complexity index is 837. The fraction of sp³-hybridized carbons (Fsp3) is 0.417. The highest BCUT2D eigenvalue weighted by molar-refractivity contribution is 6.00. The van der Waals surface area contributed by atoms with Crippen LogP contribution in [-0.2, 0) is 12.0 Å². The third kappa shape index (κ3) is 4.87. The lowest BCUT2D eigenvalue weighted by Crippen LogP contribution is -2.30. The second-order valence-corrected chi connectivity index (χ2v) is 8.29. The average Bonchev–Trinajstić information content (AvgIpc) is 3.01. The summed E-state index contributed by atoms with van der Waals surface area (Å²) in [7, 11) is 6.31. The summed E-state index contributed by atoms with van der Waals surface area (Å²) in [5, 5.41) is 0. The number of hydrogen-bond donors (Lipinski definition) is 0. The average molecular weight is 377 g/mol. The number of rotatable bonds is 7. The minimum Gasteiger partial charge on any atom is -0.357 e. The number of aromatic nitrogens is 1. The van der Waals surface area contributed by atoms with E-state index in [1.54, 1.807) is 0 Å². The molecule has 0 bridgehead atoms. The van der Waals surface area contributed by atoms with Gasteiger partial charge in [0.1, 0.15) is 11.4 Å². The van der Waals surface area contributed by atoms with Crippen LogP contribution < -0.4 is 0 Å². The first-order valence-corrected chi connectivity index (χ1v) is 9.99. The van der Waals surface area contributed by atoms with Crippen LogP contribution in [0.5, 0.6) is 0 Å². The Morgan fingerprint density at radius 3 is 2.57 bits per heavy atom. The number of hydrogen-bond acceptors (Lipinski definition) is 4. The van der Waals surface area contributed by atoms with Gasteiger partial charge in [-0.15, -0.1) is 0 Å². The normalized spacial score (nSPS) is 20.0. The van der Waals surface area contributed by atoms with Gasteiger partial charge in [0.05, 0.1) is 5.69 Å². The van der Waals surface area contributed by atoms with Gasteiger partial charge in [0, 0.05) is 31.9 Å². The molecule has 1 aromatic heterocycles. The highest BCUT2D eigenvalue weighted by atomic mass is 15.3. The summed E-state index contributed by atoms with van der Waals surface area (Å²) in [6, 6.07) is 14.9. The smallest absolute Gasteiger partial charge is 0.131 e. The quantitative estimate of drug-likeness (QED) is 0.681. The van der Waals surface area contributed by atoms with Crippen molar-refractivity contribution in [3.05, 3.63) is 77.1 Å². The van der Waals surface area contributed by atoms with Gasteiger partial charge in [-0.2, -0.15) is 0 Å². The topological polar surface area (TPSA) is 31.7 Å². The van der Waals surface area contributed by atoms with E-state index >= 15 is 0 Å². The van der Waals surface area contributed by atoms with Gasteiger partial charge in [0.2, 0.25) is 0 Å². The van der Waals surface area contributed by atoms with Crippen LogP contribution >= 0.6 is 0 Å². The molecule has 1 unspecified atom stereocenters. The Hall–Kier alpha value is -2.46. The molecule has 4 nitrogen and oxygen atoms in total. The summed E-state index contributed by atoms with van der Waals surface area (Å²) >= 11 is 0. The summed E-state index contributed by atoms with van der Waals surface area (Å²) in [4.78, 5) is 14.0. The molecular formula is C24H32N4. The van der Waals surface area contributed by atoms with E-state index in [2.05, 4.69) is 86.2 Å². The predicted octanol–water partition coefficient (Wildman–Crippen LogP) is 4.13. The summed E-state index contributed by atoms with van der Waals surface area (Å²) in [6.45, 7) is 6.23. The van der Waals surface area contributed by atoms with Gasteiger partial charge < -0.3 is 9.80 Å². The second kappa shape index (κ2) is 8.70. The summed E-state index contributed by atoms with van der Waals surface area (Å²) in [5.74, 6) is 1.04. The third-order valence-corrected chi connectivity index (χ3v) is 5.30. The molecule has 1 aromatic carbocycles. The lowest BCUT2D eigenvalue weighted by molar-refractivity contribution is 0.402. The molecule has 4 heteroatoms. The molecule has 0 spiro atoms. The number of pyridine rings is 1. The molecule has 0 amide bonds. The van der Waals surface area contributed by atoms with Gasteiger partial charge in [-0.1, -0.05) is 42.0 Å². The molecule has 0 fully saturated rings. The zero-order valence-electron chi connectivity index (χ0n) is 17.8. The molecule has 0 saturated carbocycles. The zero-order chi connectivity index (χ0) is 20.1. The van der Waals surface area contributed by atoms with Crippen LogP contribution in [0.15, 0.2) is 65.3 Å². The van der Waals surface area contributed by atoms with Gasteiger partial charge >= 0.3 is 0 Å².